The van der Waals surface area contributed by atoms with E-state index in [2.05, 4.69) is 10.4 Å². The third-order valence-corrected chi connectivity index (χ3v) is 4.51. The van der Waals surface area contributed by atoms with Crippen molar-refractivity contribution in [2.75, 3.05) is 18.2 Å². The van der Waals surface area contributed by atoms with Crippen LogP contribution in [0.25, 0.3) is 16.5 Å². The molecule has 9 heteroatoms. The summed E-state index contributed by atoms with van der Waals surface area (Å²) in [6.45, 7) is 5.28. The second kappa shape index (κ2) is 6.92. The molecule has 3 rings (SSSR count). The molecule has 0 bridgehead atoms. The number of nitrogens with zero attached hydrogens (tertiary/aromatic N) is 2. The molecule has 0 spiro atoms. The number of rotatable bonds is 3. The Balaban J connectivity index is 2.07. The summed E-state index contributed by atoms with van der Waals surface area (Å²) in [6.07, 6.45) is -0.642. The summed E-state index contributed by atoms with van der Waals surface area (Å²) in [5.41, 5.74) is 5.52. The molecular formula is C18H20N4O4S. The van der Waals surface area contributed by atoms with Gasteiger partial charge in [-0.25, -0.2) is 4.79 Å². The van der Waals surface area contributed by atoms with Crippen molar-refractivity contribution in [3.8, 4) is 11.4 Å². The molecule has 0 atom stereocenters. The number of carbonyl (C=O) groups is 1. The number of fused-ring (bicyclic) bond motifs is 1. The monoisotopic (exact) mass is 388 g/mol. The number of nitrogens with two attached hydrogens (primary N) is 1. The van der Waals surface area contributed by atoms with Gasteiger partial charge in [-0.3, -0.25) is 10.1 Å². The first-order valence-electron chi connectivity index (χ1n) is 8.14. The van der Waals surface area contributed by atoms with E-state index in [1.165, 1.54) is 16.0 Å². The lowest BCUT2D eigenvalue weighted by molar-refractivity contribution is 0.0636. The summed E-state index contributed by atoms with van der Waals surface area (Å²) in [4.78, 5) is 25.1. The molecule has 27 heavy (non-hydrogen) atoms. The molecular weight excluding hydrogens is 368 g/mol. The van der Waals surface area contributed by atoms with Gasteiger partial charge in [-0.1, -0.05) is 0 Å². The van der Waals surface area contributed by atoms with Crippen molar-refractivity contribution in [2.24, 2.45) is 0 Å². The first-order valence-corrected chi connectivity index (χ1v) is 9.02. The maximum absolute atomic E-state index is 13.0. The predicted molar refractivity (Wildman–Crippen MR) is 106 cm³/mol. The van der Waals surface area contributed by atoms with Crippen LogP contribution in [0, 0.1) is 0 Å². The topological polar surface area (TPSA) is 108 Å². The van der Waals surface area contributed by atoms with Crippen LogP contribution < -0.4 is 21.3 Å². The molecule has 0 unspecified atom stereocenters. The van der Waals surface area contributed by atoms with Gasteiger partial charge in [-0.2, -0.15) is 4.68 Å². The van der Waals surface area contributed by atoms with Crippen LogP contribution in [0.1, 0.15) is 20.8 Å². The van der Waals surface area contributed by atoms with Crippen molar-refractivity contribution in [3.63, 3.8) is 0 Å². The van der Waals surface area contributed by atoms with Gasteiger partial charge in [0.1, 0.15) is 16.4 Å². The highest BCUT2D eigenvalue weighted by molar-refractivity contribution is 7.16. The number of carbonyl (C=O) groups excluding carboxylic acids is 1. The third-order valence-electron chi connectivity index (χ3n) is 3.61. The van der Waals surface area contributed by atoms with Gasteiger partial charge in [-0.15, -0.1) is 16.4 Å². The lowest BCUT2D eigenvalue weighted by atomic mass is 10.2. The zero-order chi connectivity index (χ0) is 19.8. The Bertz CT molecular complexity index is 1050. The van der Waals surface area contributed by atoms with Crippen LogP contribution in [0.5, 0.6) is 5.75 Å². The maximum Gasteiger partial charge on any atom is 0.412 e. The molecule has 1 aromatic carbocycles. The fourth-order valence-electron chi connectivity index (χ4n) is 2.46. The molecule has 0 fully saturated rings. The largest absolute Gasteiger partial charge is 0.497 e. The highest BCUT2D eigenvalue weighted by Crippen LogP contribution is 2.31. The van der Waals surface area contributed by atoms with Crippen LogP contribution in [0.4, 0.5) is 15.6 Å². The Morgan fingerprint density at radius 1 is 1.26 bits per heavy atom. The zero-order valence-electron chi connectivity index (χ0n) is 15.4. The lowest BCUT2D eigenvalue weighted by Gasteiger charge is -2.19. The van der Waals surface area contributed by atoms with E-state index >= 15 is 0 Å². The third kappa shape index (κ3) is 3.87. The van der Waals surface area contributed by atoms with Crippen molar-refractivity contribution in [2.45, 2.75) is 26.4 Å². The molecule has 0 aliphatic carbocycles. The fourth-order valence-corrected chi connectivity index (χ4v) is 3.39. The predicted octanol–water partition coefficient (Wildman–Crippen LogP) is 3.39. The molecule has 0 saturated carbocycles. The van der Waals surface area contributed by atoms with E-state index in [9.17, 15) is 9.59 Å². The van der Waals surface area contributed by atoms with Crippen molar-refractivity contribution in [1.29, 1.82) is 0 Å². The van der Waals surface area contributed by atoms with E-state index in [-0.39, 0.29) is 11.2 Å². The maximum atomic E-state index is 13.0. The zero-order valence-corrected chi connectivity index (χ0v) is 16.2. The summed E-state index contributed by atoms with van der Waals surface area (Å²) >= 11 is 1.19. The molecule has 3 N–H and O–H groups in total. The Kier molecular flexibility index (Phi) is 4.79. The molecule has 2 heterocycles. The summed E-state index contributed by atoms with van der Waals surface area (Å²) in [7, 11) is 1.56. The molecule has 0 aliphatic heterocycles. The second-order valence-corrected chi connectivity index (χ2v) is 7.66. The SMILES string of the molecule is COc1ccc(-n2nc(N)c3csc(NC(=O)OC(C)(C)C)c3c2=O)cc1. The van der Waals surface area contributed by atoms with Crippen LogP contribution in [0.2, 0.25) is 0 Å². The first kappa shape index (κ1) is 18.7. The molecule has 142 valence electrons. The minimum atomic E-state index is -0.652. The van der Waals surface area contributed by atoms with Crippen LogP contribution in [0.15, 0.2) is 34.4 Å². The average Bonchev–Trinajstić information content (AvgIpc) is 3.01. The number of amides is 1. The first-order chi connectivity index (χ1) is 12.7. The minimum Gasteiger partial charge on any atom is -0.497 e. The van der Waals surface area contributed by atoms with E-state index in [0.717, 1.165) is 0 Å². The molecule has 0 radical (unpaired) electrons. The number of benzene rings is 1. The van der Waals surface area contributed by atoms with E-state index in [1.807, 2.05) is 0 Å². The van der Waals surface area contributed by atoms with E-state index in [1.54, 1.807) is 57.5 Å². The Labute approximate surface area is 159 Å². The fraction of sp³-hybridized carbons (Fsp3) is 0.278. The summed E-state index contributed by atoms with van der Waals surface area (Å²) in [5.74, 6) is 0.845. The van der Waals surface area contributed by atoms with Crippen LogP contribution in [0.3, 0.4) is 0 Å². The van der Waals surface area contributed by atoms with Crippen molar-refractivity contribution in [3.05, 3.63) is 40.0 Å². The van der Waals surface area contributed by atoms with Gasteiger partial charge in [0, 0.05) is 10.8 Å². The van der Waals surface area contributed by atoms with E-state index in [4.69, 9.17) is 15.2 Å². The van der Waals surface area contributed by atoms with E-state index < -0.39 is 17.3 Å². The highest BCUT2D eigenvalue weighted by atomic mass is 32.1. The number of aromatic nitrogens is 2. The number of hydrogen-bond donors (Lipinski definition) is 2. The van der Waals surface area contributed by atoms with Gasteiger partial charge in [0.05, 0.1) is 18.2 Å². The van der Waals surface area contributed by atoms with Gasteiger partial charge in [0.2, 0.25) is 0 Å². The number of methoxy groups -OCH3 is 1. The molecule has 1 amide bonds. The normalized spacial score (nSPS) is 11.4. The second-order valence-electron chi connectivity index (χ2n) is 6.78. The number of ether oxygens (including phenoxy) is 2. The summed E-state index contributed by atoms with van der Waals surface area (Å²) < 4.78 is 11.6. The van der Waals surface area contributed by atoms with E-state index in [0.29, 0.717) is 21.8 Å². The molecule has 3 aromatic rings. The van der Waals surface area contributed by atoms with Crippen LogP contribution in [-0.2, 0) is 4.74 Å². The van der Waals surface area contributed by atoms with Crippen molar-refractivity contribution in [1.82, 2.24) is 9.78 Å². The number of hydrogen-bond acceptors (Lipinski definition) is 7. The highest BCUT2D eigenvalue weighted by Gasteiger charge is 2.21. The lowest BCUT2D eigenvalue weighted by Crippen LogP contribution is -2.28. The van der Waals surface area contributed by atoms with Crippen molar-refractivity contribution < 1.29 is 14.3 Å². The van der Waals surface area contributed by atoms with Crippen LogP contribution in [-0.4, -0.2) is 28.6 Å². The van der Waals surface area contributed by atoms with Gasteiger partial charge in [0.15, 0.2) is 5.82 Å². The number of nitrogen functional groups attached to an aromatic ring is 1. The van der Waals surface area contributed by atoms with Gasteiger partial charge < -0.3 is 15.2 Å². The van der Waals surface area contributed by atoms with Crippen LogP contribution >= 0.6 is 11.3 Å². The molecule has 8 nitrogen and oxygen atoms in total. The molecule has 0 aliphatic rings. The average molecular weight is 388 g/mol. The standard InChI is InChI=1S/C18H20N4O4S/c1-18(2,3)26-17(24)20-15-13-12(9-27-15)14(19)21-22(16(13)23)10-5-7-11(25-4)8-6-10/h5-9H,1-4H3,(H2,19,21)(H,20,24). The molecule has 2 aromatic heterocycles. The number of thiophene rings is 1. The van der Waals surface area contributed by atoms with Gasteiger partial charge in [-0.05, 0) is 45.0 Å². The Hall–Kier alpha value is -3.07. The smallest absolute Gasteiger partial charge is 0.412 e. The minimum absolute atomic E-state index is 0.189. The summed E-state index contributed by atoms with van der Waals surface area (Å²) in [5, 5.41) is 9.63. The summed E-state index contributed by atoms with van der Waals surface area (Å²) in [6, 6.07) is 6.84. The van der Waals surface area contributed by atoms with Gasteiger partial charge in [0.25, 0.3) is 5.56 Å². The quantitative estimate of drug-likeness (QED) is 0.712. The Morgan fingerprint density at radius 2 is 1.93 bits per heavy atom. The number of anilines is 2. The molecule has 0 saturated heterocycles. The number of nitrogens with one attached hydrogen (secondary N) is 1. The van der Waals surface area contributed by atoms with Crippen molar-refractivity contribution >= 4 is 39.0 Å². The Morgan fingerprint density at radius 3 is 2.52 bits per heavy atom. The van der Waals surface area contributed by atoms with Gasteiger partial charge >= 0.3 is 6.09 Å².